The summed E-state index contributed by atoms with van der Waals surface area (Å²) in [7, 11) is 0. The monoisotopic (exact) mass is 380 g/mol. The fraction of sp³-hybridized carbons (Fsp3) is 0.364. The molecule has 0 aromatic heterocycles. The second-order valence-corrected chi connectivity index (χ2v) is 6.89. The first-order valence-corrected chi connectivity index (χ1v) is 9.67. The van der Waals surface area contributed by atoms with Gasteiger partial charge in [0.05, 0.1) is 19.7 Å². The maximum absolute atomic E-state index is 11.2. The predicted molar refractivity (Wildman–Crippen MR) is 111 cm³/mol. The summed E-state index contributed by atoms with van der Waals surface area (Å²) in [6.45, 7) is 7.74. The standard InChI is InChI=1S/C22H28N4O2/c1-3-24-22(25-14-17-8-10-18(11-9-17)21(23)27)26-12-13-28-20(15-26)19-7-5-4-6-16(19)2/h4-11,20H,3,12-15H2,1-2H3,(H2,23,27)(H,24,25). The van der Waals surface area contributed by atoms with Gasteiger partial charge in [-0.3, -0.25) is 4.79 Å². The van der Waals surface area contributed by atoms with Crippen molar-refractivity contribution < 1.29 is 9.53 Å². The second-order valence-electron chi connectivity index (χ2n) is 6.89. The van der Waals surface area contributed by atoms with Gasteiger partial charge in [-0.15, -0.1) is 0 Å². The van der Waals surface area contributed by atoms with Crippen LogP contribution in [0.15, 0.2) is 53.5 Å². The van der Waals surface area contributed by atoms with E-state index in [-0.39, 0.29) is 6.10 Å². The number of guanidine groups is 1. The number of nitrogens with one attached hydrogen (secondary N) is 1. The fourth-order valence-corrected chi connectivity index (χ4v) is 3.34. The van der Waals surface area contributed by atoms with Gasteiger partial charge < -0.3 is 20.7 Å². The number of aryl methyl sites for hydroxylation is 1. The lowest BCUT2D eigenvalue weighted by Crippen LogP contribution is -2.48. The molecule has 0 aliphatic carbocycles. The third kappa shape index (κ3) is 4.89. The van der Waals surface area contributed by atoms with Gasteiger partial charge in [-0.1, -0.05) is 36.4 Å². The van der Waals surface area contributed by atoms with Crippen molar-refractivity contribution in [3.05, 3.63) is 70.8 Å². The molecule has 0 bridgehead atoms. The Hall–Kier alpha value is -2.86. The molecule has 28 heavy (non-hydrogen) atoms. The Kier molecular flexibility index (Phi) is 6.66. The van der Waals surface area contributed by atoms with Gasteiger partial charge in [0.2, 0.25) is 5.91 Å². The lowest BCUT2D eigenvalue weighted by atomic mass is 10.0. The van der Waals surface area contributed by atoms with Crippen LogP contribution >= 0.6 is 0 Å². The van der Waals surface area contributed by atoms with E-state index < -0.39 is 5.91 Å². The Balaban J connectivity index is 1.72. The molecule has 1 heterocycles. The molecular weight excluding hydrogens is 352 g/mol. The summed E-state index contributed by atoms with van der Waals surface area (Å²) in [6.07, 6.45) is 0.0358. The number of hydrogen-bond acceptors (Lipinski definition) is 3. The van der Waals surface area contributed by atoms with Gasteiger partial charge in [-0.05, 0) is 42.7 Å². The van der Waals surface area contributed by atoms with Crippen molar-refractivity contribution in [2.24, 2.45) is 10.7 Å². The molecule has 6 nitrogen and oxygen atoms in total. The number of morpholine rings is 1. The number of nitrogens with zero attached hydrogens (tertiary/aromatic N) is 2. The van der Waals surface area contributed by atoms with Gasteiger partial charge in [-0.25, -0.2) is 4.99 Å². The largest absolute Gasteiger partial charge is 0.370 e. The number of ether oxygens (including phenoxy) is 1. The highest BCUT2D eigenvalue weighted by molar-refractivity contribution is 5.92. The lowest BCUT2D eigenvalue weighted by molar-refractivity contribution is -0.00834. The van der Waals surface area contributed by atoms with E-state index in [0.29, 0.717) is 18.7 Å². The SMILES string of the molecule is CCNC(=NCc1ccc(C(N)=O)cc1)N1CCOC(c2ccccc2C)C1. The Morgan fingerprint density at radius 3 is 2.68 bits per heavy atom. The smallest absolute Gasteiger partial charge is 0.248 e. The van der Waals surface area contributed by atoms with Crippen LogP contribution in [0.4, 0.5) is 0 Å². The molecule has 1 saturated heterocycles. The summed E-state index contributed by atoms with van der Waals surface area (Å²) in [5.41, 5.74) is 9.31. The minimum absolute atomic E-state index is 0.0358. The van der Waals surface area contributed by atoms with Crippen molar-refractivity contribution in [3.8, 4) is 0 Å². The number of aliphatic imine (C=N–C) groups is 1. The van der Waals surface area contributed by atoms with Crippen molar-refractivity contribution in [2.75, 3.05) is 26.2 Å². The molecule has 1 fully saturated rings. The average Bonchev–Trinajstić information content (AvgIpc) is 2.72. The molecule has 0 spiro atoms. The van der Waals surface area contributed by atoms with Crippen LogP contribution in [0.3, 0.4) is 0 Å². The Labute approximate surface area is 166 Å². The molecule has 1 aliphatic heterocycles. The summed E-state index contributed by atoms with van der Waals surface area (Å²) in [6, 6.07) is 15.6. The highest BCUT2D eigenvalue weighted by atomic mass is 16.5. The Morgan fingerprint density at radius 2 is 2.00 bits per heavy atom. The van der Waals surface area contributed by atoms with Crippen LogP contribution in [0.2, 0.25) is 0 Å². The van der Waals surface area contributed by atoms with E-state index in [4.69, 9.17) is 15.5 Å². The normalized spacial score (nSPS) is 17.4. The van der Waals surface area contributed by atoms with Gasteiger partial charge in [0.1, 0.15) is 6.10 Å². The highest BCUT2D eigenvalue weighted by Gasteiger charge is 2.25. The fourth-order valence-electron chi connectivity index (χ4n) is 3.34. The molecule has 1 unspecified atom stereocenters. The van der Waals surface area contributed by atoms with Crippen LogP contribution in [0.5, 0.6) is 0 Å². The number of primary amides is 1. The van der Waals surface area contributed by atoms with E-state index in [2.05, 4.69) is 48.3 Å². The van der Waals surface area contributed by atoms with Crippen LogP contribution < -0.4 is 11.1 Å². The number of rotatable bonds is 5. The second kappa shape index (κ2) is 9.37. The van der Waals surface area contributed by atoms with Crippen LogP contribution in [-0.2, 0) is 11.3 Å². The summed E-state index contributed by atoms with van der Waals surface area (Å²) >= 11 is 0. The van der Waals surface area contributed by atoms with Crippen molar-refractivity contribution in [1.82, 2.24) is 10.2 Å². The average molecular weight is 380 g/mol. The van der Waals surface area contributed by atoms with E-state index >= 15 is 0 Å². The van der Waals surface area contributed by atoms with Crippen molar-refractivity contribution >= 4 is 11.9 Å². The maximum atomic E-state index is 11.2. The van der Waals surface area contributed by atoms with Crippen LogP contribution in [0.25, 0.3) is 0 Å². The predicted octanol–water partition coefficient (Wildman–Crippen LogP) is 2.63. The van der Waals surface area contributed by atoms with Gasteiger partial charge in [0.25, 0.3) is 0 Å². The van der Waals surface area contributed by atoms with Crippen LogP contribution in [0, 0.1) is 6.92 Å². The molecule has 1 atom stereocenters. The minimum atomic E-state index is -0.418. The highest BCUT2D eigenvalue weighted by Crippen LogP contribution is 2.25. The number of hydrogen-bond donors (Lipinski definition) is 2. The molecule has 3 rings (SSSR count). The Morgan fingerprint density at radius 1 is 1.25 bits per heavy atom. The van der Waals surface area contributed by atoms with E-state index in [1.165, 1.54) is 11.1 Å². The van der Waals surface area contributed by atoms with E-state index in [9.17, 15) is 4.79 Å². The molecule has 2 aromatic rings. The summed E-state index contributed by atoms with van der Waals surface area (Å²) in [5, 5.41) is 3.39. The summed E-state index contributed by atoms with van der Waals surface area (Å²) in [5.74, 6) is 0.460. The lowest BCUT2D eigenvalue weighted by Gasteiger charge is -2.35. The zero-order valence-corrected chi connectivity index (χ0v) is 16.5. The maximum Gasteiger partial charge on any atom is 0.248 e. The van der Waals surface area contributed by atoms with Crippen LogP contribution in [-0.4, -0.2) is 43.0 Å². The topological polar surface area (TPSA) is 79.9 Å². The van der Waals surface area contributed by atoms with Gasteiger partial charge >= 0.3 is 0 Å². The number of benzene rings is 2. The Bertz CT molecular complexity index is 833. The van der Waals surface area contributed by atoms with Gasteiger partial charge in [0, 0.05) is 18.7 Å². The van der Waals surface area contributed by atoms with Gasteiger partial charge in [-0.2, -0.15) is 0 Å². The molecule has 3 N–H and O–H groups in total. The molecule has 148 valence electrons. The van der Waals surface area contributed by atoms with Crippen molar-refractivity contribution in [3.63, 3.8) is 0 Å². The molecule has 2 aromatic carbocycles. The van der Waals surface area contributed by atoms with Crippen molar-refractivity contribution in [1.29, 1.82) is 0 Å². The number of carbonyl (C=O) groups is 1. The molecule has 1 aliphatic rings. The third-order valence-electron chi connectivity index (χ3n) is 4.89. The molecule has 0 radical (unpaired) electrons. The van der Waals surface area contributed by atoms with Crippen LogP contribution in [0.1, 0.15) is 40.1 Å². The number of carbonyl (C=O) groups excluding carboxylic acids is 1. The molecular formula is C22H28N4O2. The summed E-state index contributed by atoms with van der Waals surface area (Å²) < 4.78 is 6.03. The van der Waals surface area contributed by atoms with E-state index in [0.717, 1.165) is 31.2 Å². The summed E-state index contributed by atoms with van der Waals surface area (Å²) in [4.78, 5) is 18.3. The first kappa shape index (κ1) is 19.9. The zero-order valence-electron chi connectivity index (χ0n) is 16.5. The third-order valence-corrected chi connectivity index (χ3v) is 4.89. The minimum Gasteiger partial charge on any atom is -0.370 e. The first-order valence-electron chi connectivity index (χ1n) is 9.67. The first-order chi connectivity index (χ1) is 13.6. The van der Waals surface area contributed by atoms with Gasteiger partial charge in [0.15, 0.2) is 5.96 Å². The zero-order chi connectivity index (χ0) is 19.9. The number of nitrogens with two attached hydrogens (primary N) is 1. The quantitative estimate of drug-likeness (QED) is 0.617. The van der Waals surface area contributed by atoms with E-state index in [1.54, 1.807) is 12.1 Å². The van der Waals surface area contributed by atoms with E-state index in [1.807, 2.05) is 12.1 Å². The molecule has 0 saturated carbocycles. The molecule has 1 amide bonds. The van der Waals surface area contributed by atoms with Crippen molar-refractivity contribution in [2.45, 2.75) is 26.5 Å². The molecule has 6 heteroatoms. The number of amides is 1.